The molecule has 142 valence electrons. The molecule has 0 N–H and O–H groups in total. The highest BCUT2D eigenvalue weighted by atomic mass is 16.7. The van der Waals surface area contributed by atoms with Crippen molar-refractivity contribution in [2.24, 2.45) is 0 Å². The molecule has 2 aliphatic rings. The summed E-state index contributed by atoms with van der Waals surface area (Å²) in [5, 5.41) is 0.350. The number of hydrogen-bond donors (Lipinski definition) is 0. The van der Waals surface area contributed by atoms with Crippen molar-refractivity contribution >= 4 is 29.7 Å². The summed E-state index contributed by atoms with van der Waals surface area (Å²) >= 11 is 0. The summed E-state index contributed by atoms with van der Waals surface area (Å²) in [5.41, 5.74) is -0.594. The van der Waals surface area contributed by atoms with Crippen LogP contribution < -0.4 is 0 Å². The first kappa shape index (κ1) is 18.6. The van der Waals surface area contributed by atoms with Gasteiger partial charge in [0.05, 0.1) is 17.7 Å². The number of fused-ring (bicyclic) bond motifs is 1. The van der Waals surface area contributed by atoms with E-state index in [1.165, 1.54) is 12.1 Å². The zero-order valence-electron chi connectivity index (χ0n) is 15.1. The Morgan fingerprint density at radius 3 is 2.11 bits per heavy atom. The van der Waals surface area contributed by atoms with E-state index >= 15 is 0 Å². The number of carbonyl (C=O) groups is 5. The summed E-state index contributed by atoms with van der Waals surface area (Å²) in [4.78, 5) is 67.0. The van der Waals surface area contributed by atoms with E-state index in [9.17, 15) is 24.0 Å². The van der Waals surface area contributed by atoms with Gasteiger partial charge in [0.2, 0.25) is 0 Å². The number of ether oxygens (including phenoxy) is 1. The second kappa shape index (κ2) is 6.49. The minimum absolute atomic E-state index is 0.113. The molecule has 1 atom stereocenters. The van der Waals surface area contributed by atoms with Gasteiger partial charge in [-0.1, -0.05) is 17.2 Å². The fraction of sp³-hybridized carbons (Fsp3) is 0.389. The average molecular weight is 374 g/mol. The largest absolute Gasteiger partial charge is 0.444 e. The normalized spacial score (nSPS) is 19.4. The molecule has 1 saturated heterocycles. The molecule has 2 aliphatic heterocycles. The summed E-state index contributed by atoms with van der Waals surface area (Å²) in [7, 11) is 0. The Kier molecular flexibility index (Phi) is 4.46. The van der Waals surface area contributed by atoms with Crippen LogP contribution in [0.4, 0.5) is 4.79 Å². The molecule has 0 saturated carbocycles. The van der Waals surface area contributed by atoms with Crippen LogP contribution in [0.3, 0.4) is 0 Å². The maximum absolute atomic E-state index is 12.5. The minimum Gasteiger partial charge on any atom is -0.444 e. The number of ketones is 1. The van der Waals surface area contributed by atoms with Crippen LogP contribution in [0.5, 0.6) is 0 Å². The minimum atomic E-state index is -1.27. The van der Waals surface area contributed by atoms with E-state index in [4.69, 9.17) is 9.57 Å². The number of nitrogens with zero attached hydrogens (tertiary/aromatic N) is 2. The van der Waals surface area contributed by atoms with E-state index in [0.717, 1.165) is 4.90 Å². The fourth-order valence-corrected chi connectivity index (χ4v) is 2.81. The first-order chi connectivity index (χ1) is 12.6. The number of hydrogen-bond acceptors (Lipinski definition) is 7. The summed E-state index contributed by atoms with van der Waals surface area (Å²) in [6, 6.07) is 4.77. The van der Waals surface area contributed by atoms with Gasteiger partial charge in [0, 0.05) is 6.42 Å². The standard InChI is InChI=1S/C18H18N2O7/c1-18(2,3)26-17(25)19-9-10(21)8-13(19)16(24)27-20-14(22)11-6-4-5-7-12(11)15(20)23/h4-7,13H,8-9H2,1-3H3. The molecule has 3 rings (SSSR count). The lowest BCUT2D eigenvalue weighted by Crippen LogP contribution is -2.46. The lowest BCUT2D eigenvalue weighted by molar-refractivity contribution is -0.173. The van der Waals surface area contributed by atoms with Crippen molar-refractivity contribution < 1.29 is 33.5 Å². The third kappa shape index (κ3) is 3.53. The molecule has 9 nitrogen and oxygen atoms in total. The van der Waals surface area contributed by atoms with Gasteiger partial charge in [-0.25, -0.2) is 9.59 Å². The molecule has 27 heavy (non-hydrogen) atoms. The summed E-state index contributed by atoms with van der Waals surface area (Å²) < 4.78 is 5.19. The van der Waals surface area contributed by atoms with Gasteiger partial charge in [0.1, 0.15) is 11.6 Å². The van der Waals surface area contributed by atoms with Crippen molar-refractivity contribution in [2.45, 2.75) is 38.8 Å². The molecule has 0 radical (unpaired) electrons. The average Bonchev–Trinajstić information content (AvgIpc) is 3.08. The smallest absolute Gasteiger partial charge is 0.411 e. The van der Waals surface area contributed by atoms with Gasteiger partial charge in [0.25, 0.3) is 11.8 Å². The Hall–Kier alpha value is -3.23. The van der Waals surface area contributed by atoms with Crippen molar-refractivity contribution in [3.63, 3.8) is 0 Å². The van der Waals surface area contributed by atoms with E-state index in [-0.39, 0.29) is 29.9 Å². The van der Waals surface area contributed by atoms with E-state index in [1.807, 2.05) is 0 Å². The van der Waals surface area contributed by atoms with Crippen LogP contribution in [0.2, 0.25) is 0 Å². The van der Waals surface area contributed by atoms with E-state index in [0.29, 0.717) is 5.06 Å². The Morgan fingerprint density at radius 1 is 1.04 bits per heavy atom. The Balaban J connectivity index is 1.75. The van der Waals surface area contributed by atoms with Crippen molar-refractivity contribution in [1.82, 2.24) is 9.96 Å². The third-order valence-electron chi connectivity index (χ3n) is 3.98. The van der Waals surface area contributed by atoms with Crippen molar-refractivity contribution in [1.29, 1.82) is 0 Å². The van der Waals surface area contributed by atoms with E-state index < -0.39 is 35.5 Å². The fourth-order valence-electron chi connectivity index (χ4n) is 2.81. The molecule has 0 aromatic heterocycles. The predicted octanol–water partition coefficient (Wildman–Crippen LogP) is 1.32. The Labute approximate surface area is 154 Å². The number of benzene rings is 1. The lowest BCUT2D eigenvalue weighted by Gasteiger charge is -2.27. The summed E-state index contributed by atoms with van der Waals surface area (Å²) in [5.74, 6) is -2.97. The van der Waals surface area contributed by atoms with E-state index in [1.54, 1.807) is 32.9 Å². The maximum Gasteiger partial charge on any atom is 0.411 e. The topological polar surface area (TPSA) is 110 Å². The highest BCUT2D eigenvalue weighted by molar-refractivity contribution is 6.21. The third-order valence-corrected chi connectivity index (χ3v) is 3.98. The van der Waals surface area contributed by atoms with Gasteiger partial charge < -0.3 is 9.57 Å². The molecule has 2 heterocycles. The quantitative estimate of drug-likeness (QED) is 0.718. The first-order valence-corrected chi connectivity index (χ1v) is 8.29. The Bertz CT molecular complexity index is 821. The van der Waals surface area contributed by atoms with Gasteiger partial charge in [-0.15, -0.1) is 0 Å². The number of Topliss-reactive ketones (excluding diaryl/α,β-unsaturated/α-hetero) is 1. The number of amides is 3. The van der Waals surface area contributed by atoms with Gasteiger partial charge in [-0.2, -0.15) is 0 Å². The molecular formula is C18H18N2O7. The van der Waals surface area contributed by atoms with Crippen LogP contribution in [0, 0.1) is 0 Å². The molecule has 0 bridgehead atoms. The molecule has 1 unspecified atom stereocenters. The molecular weight excluding hydrogens is 356 g/mol. The Morgan fingerprint density at radius 2 is 1.59 bits per heavy atom. The van der Waals surface area contributed by atoms with Crippen LogP contribution in [-0.4, -0.2) is 57.8 Å². The first-order valence-electron chi connectivity index (χ1n) is 8.29. The zero-order valence-corrected chi connectivity index (χ0v) is 15.1. The van der Waals surface area contributed by atoms with Crippen LogP contribution >= 0.6 is 0 Å². The van der Waals surface area contributed by atoms with Gasteiger partial charge >= 0.3 is 12.1 Å². The highest BCUT2D eigenvalue weighted by Gasteiger charge is 2.45. The molecule has 1 aromatic carbocycles. The van der Waals surface area contributed by atoms with Crippen LogP contribution in [0.1, 0.15) is 47.9 Å². The van der Waals surface area contributed by atoms with E-state index in [2.05, 4.69) is 0 Å². The number of carbonyl (C=O) groups excluding carboxylic acids is 5. The number of hydroxylamine groups is 2. The summed E-state index contributed by atoms with van der Waals surface area (Å²) in [6.45, 7) is 4.63. The molecule has 1 fully saturated rings. The molecule has 9 heteroatoms. The van der Waals surface area contributed by atoms with Crippen LogP contribution in [-0.2, 0) is 19.2 Å². The predicted molar refractivity (Wildman–Crippen MR) is 89.4 cm³/mol. The van der Waals surface area contributed by atoms with Gasteiger partial charge in [-0.05, 0) is 32.9 Å². The molecule has 0 aliphatic carbocycles. The van der Waals surface area contributed by atoms with Crippen molar-refractivity contribution in [2.75, 3.05) is 6.54 Å². The van der Waals surface area contributed by atoms with Crippen LogP contribution in [0.15, 0.2) is 24.3 Å². The van der Waals surface area contributed by atoms with Gasteiger partial charge in [-0.3, -0.25) is 19.3 Å². The van der Waals surface area contributed by atoms with Crippen molar-refractivity contribution in [3.05, 3.63) is 35.4 Å². The molecule has 0 spiro atoms. The lowest BCUT2D eigenvalue weighted by atomic mass is 10.1. The molecule has 1 aromatic rings. The van der Waals surface area contributed by atoms with Crippen LogP contribution in [0.25, 0.3) is 0 Å². The molecule has 3 amide bonds. The second-order valence-corrected chi connectivity index (χ2v) is 7.23. The maximum atomic E-state index is 12.5. The highest BCUT2D eigenvalue weighted by Crippen LogP contribution is 2.25. The number of likely N-dealkylation sites (tertiary alicyclic amines) is 1. The zero-order chi connectivity index (χ0) is 19.9. The SMILES string of the molecule is CC(C)(C)OC(=O)N1CC(=O)CC1C(=O)ON1C(=O)c2ccccc2C1=O. The van der Waals surface area contributed by atoms with Gasteiger partial charge in [0.15, 0.2) is 5.78 Å². The van der Waals surface area contributed by atoms with Crippen molar-refractivity contribution in [3.8, 4) is 0 Å². The monoisotopic (exact) mass is 374 g/mol. The second-order valence-electron chi connectivity index (χ2n) is 7.23. The number of imide groups is 1. The summed E-state index contributed by atoms with van der Waals surface area (Å²) in [6.07, 6.45) is -1.13. The number of rotatable bonds is 2.